The molecule has 2 heterocycles. The first-order valence-corrected chi connectivity index (χ1v) is 10.4. The molecular weight excluding hydrogens is 430 g/mol. The molecule has 8 heteroatoms. The molecule has 1 aromatic carbocycles. The van der Waals surface area contributed by atoms with Gasteiger partial charge in [-0.25, -0.2) is 9.13 Å². The van der Waals surface area contributed by atoms with Crippen LogP contribution in [0.5, 0.6) is 0 Å². The van der Waals surface area contributed by atoms with Crippen LogP contribution in [-0.4, -0.2) is 44.3 Å². The van der Waals surface area contributed by atoms with Gasteiger partial charge in [0.25, 0.3) is 0 Å². The second kappa shape index (κ2) is 11.3. The van der Waals surface area contributed by atoms with Gasteiger partial charge in [-0.05, 0) is 58.5 Å². The maximum Gasteiger partial charge on any atom is 0.421 e. The number of imidazole rings is 1. The van der Waals surface area contributed by atoms with E-state index in [9.17, 15) is 0 Å². The first-order chi connectivity index (χ1) is 13.7. The van der Waals surface area contributed by atoms with E-state index in [-0.39, 0.29) is 17.0 Å². The molecule has 0 unspecified atom stereocenters. The molecule has 0 bridgehead atoms. The first kappa shape index (κ1) is 23.3. The molecule has 0 aliphatic carbocycles. The summed E-state index contributed by atoms with van der Waals surface area (Å²) < 4.78 is 4.20. The third kappa shape index (κ3) is 5.57. The third-order valence-corrected chi connectivity index (χ3v) is 5.42. The zero-order valence-electron chi connectivity index (χ0n) is 18.1. The molecule has 1 aliphatic heterocycles. The number of aryl methyl sites for hydroxylation is 2. The number of azo groups is 1. The van der Waals surface area contributed by atoms with E-state index in [1.54, 1.807) is 0 Å². The molecule has 1 N–H and O–H groups in total. The number of halogens is 1. The second-order valence-corrected chi connectivity index (χ2v) is 7.25. The van der Waals surface area contributed by atoms with Crippen LogP contribution in [-0.2, 0) is 13.6 Å². The number of aromatic nitrogens is 2. The van der Waals surface area contributed by atoms with Crippen molar-refractivity contribution in [2.75, 3.05) is 49.6 Å². The average Bonchev–Trinajstić information content (AvgIpc) is 3.08. The molecular formula is C21H35BrN7+. The van der Waals surface area contributed by atoms with Crippen LogP contribution in [0.15, 0.2) is 40.8 Å². The molecule has 0 radical (unpaired) electrons. The Balaban J connectivity index is 0.00000300. The Morgan fingerprint density at radius 1 is 1.03 bits per heavy atom. The summed E-state index contributed by atoms with van der Waals surface area (Å²) in [6, 6.07) is 6.43. The van der Waals surface area contributed by atoms with E-state index in [2.05, 4.69) is 68.2 Å². The molecule has 29 heavy (non-hydrogen) atoms. The van der Waals surface area contributed by atoms with Gasteiger partial charge in [-0.15, -0.1) is 17.0 Å². The van der Waals surface area contributed by atoms with Gasteiger partial charge in [0.05, 0.1) is 37.4 Å². The maximum absolute atomic E-state index is 4.58. The molecule has 1 aliphatic rings. The van der Waals surface area contributed by atoms with Crippen molar-refractivity contribution in [1.29, 1.82) is 0 Å². The molecule has 0 fully saturated rings. The van der Waals surface area contributed by atoms with E-state index in [1.807, 2.05) is 24.9 Å². The van der Waals surface area contributed by atoms with Crippen LogP contribution < -0.4 is 19.7 Å². The summed E-state index contributed by atoms with van der Waals surface area (Å²) in [5.74, 6) is 0.879. The van der Waals surface area contributed by atoms with E-state index in [1.165, 1.54) is 11.4 Å². The summed E-state index contributed by atoms with van der Waals surface area (Å²) >= 11 is 0. The fourth-order valence-corrected chi connectivity index (χ4v) is 3.74. The Hall–Kier alpha value is -1.93. The van der Waals surface area contributed by atoms with Crippen molar-refractivity contribution in [3.8, 4) is 0 Å². The molecule has 0 saturated heterocycles. The zero-order chi connectivity index (χ0) is 19.9. The van der Waals surface area contributed by atoms with Crippen molar-refractivity contribution >= 4 is 40.0 Å². The van der Waals surface area contributed by atoms with Crippen LogP contribution in [0.2, 0.25) is 0 Å². The number of hydrogen-bond donors (Lipinski definition) is 1. The molecule has 0 amide bonds. The number of anilines is 2. The zero-order valence-corrected chi connectivity index (χ0v) is 19.8. The van der Waals surface area contributed by atoms with Crippen molar-refractivity contribution in [1.82, 2.24) is 9.88 Å². The normalized spacial score (nSPS) is 13.7. The highest BCUT2D eigenvalue weighted by molar-refractivity contribution is 8.93. The van der Waals surface area contributed by atoms with E-state index >= 15 is 0 Å². The van der Waals surface area contributed by atoms with Crippen molar-refractivity contribution in [3.05, 3.63) is 30.6 Å². The molecule has 0 saturated carbocycles. The summed E-state index contributed by atoms with van der Waals surface area (Å²) in [6.45, 7) is 10.6. The van der Waals surface area contributed by atoms with Gasteiger partial charge in [0.2, 0.25) is 0 Å². The van der Waals surface area contributed by atoms with Gasteiger partial charge < -0.3 is 15.1 Å². The minimum Gasteiger partial charge on any atom is -0.368 e. The van der Waals surface area contributed by atoms with Crippen LogP contribution in [0.3, 0.4) is 0 Å². The van der Waals surface area contributed by atoms with Crippen LogP contribution in [0.1, 0.15) is 26.7 Å². The van der Waals surface area contributed by atoms with Gasteiger partial charge in [0, 0.05) is 31.3 Å². The Morgan fingerprint density at radius 3 is 2.45 bits per heavy atom. The monoisotopic (exact) mass is 464 g/mol. The molecule has 2 aromatic rings. The number of hydrogen-bond acceptors (Lipinski definition) is 5. The highest BCUT2D eigenvalue weighted by atomic mass is 79.9. The summed E-state index contributed by atoms with van der Waals surface area (Å²) in [5, 5.41) is 12.3. The number of likely N-dealkylation sites (N-methyl/N-ethyl adjacent to an activating group) is 2. The Bertz CT molecular complexity index is 802. The first-order valence-electron chi connectivity index (χ1n) is 10.4. The van der Waals surface area contributed by atoms with E-state index in [4.69, 9.17) is 0 Å². The van der Waals surface area contributed by atoms with Crippen molar-refractivity contribution in [3.63, 3.8) is 0 Å². The number of unbranched alkanes of at least 4 members (excludes halogenated alkanes) is 1. The summed E-state index contributed by atoms with van der Waals surface area (Å²) in [5.41, 5.74) is 3.46. The molecule has 3 rings (SSSR count). The lowest BCUT2D eigenvalue weighted by Crippen LogP contribution is -2.40. The van der Waals surface area contributed by atoms with Crippen molar-refractivity contribution in [2.45, 2.75) is 33.2 Å². The minimum absolute atomic E-state index is 0. The van der Waals surface area contributed by atoms with Crippen LogP contribution in [0.4, 0.5) is 23.0 Å². The number of nitrogens with one attached hydrogen (secondary N) is 1. The SMILES string of the molecule is Br.CCN1CCN(CC)c2cc(N=Nc3n(CCCCNC)cc[n+]3C)ccc21. The minimum atomic E-state index is 0. The molecule has 160 valence electrons. The molecule has 0 atom stereocenters. The second-order valence-electron chi connectivity index (χ2n) is 7.25. The molecule has 0 spiro atoms. The van der Waals surface area contributed by atoms with Gasteiger partial charge >= 0.3 is 5.95 Å². The average molecular weight is 465 g/mol. The fourth-order valence-electron chi connectivity index (χ4n) is 3.74. The third-order valence-electron chi connectivity index (χ3n) is 5.42. The molecule has 1 aromatic heterocycles. The Morgan fingerprint density at radius 2 is 1.76 bits per heavy atom. The number of rotatable bonds is 9. The Kier molecular flexibility index (Phi) is 9.10. The lowest BCUT2D eigenvalue weighted by Gasteiger charge is -2.38. The predicted octanol–water partition coefficient (Wildman–Crippen LogP) is 3.97. The highest BCUT2D eigenvalue weighted by Gasteiger charge is 2.21. The topological polar surface area (TPSA) is 52.0 Å². The van der Waals surface area contributed by atoms with Gasteiger partial charge in [0.15, 0.2) is 0 Å². The highest BCUT2D eigenvalue weighted by Crippen LogP contribution is 2.36. The van der Waals surface area contributed by atoms with Crippen LogP contribution in [0, 0.1) is 0 Å². The van der Waals surface area contributed by atoms with Gasteiger partial charge in [-0.2, -0.15) is 0 Å². The van der Waals surface area contributed by atoms with Gasteiger partial charge in [-0.3, -0.25) is 0 Å². The van der Waals surface area contributed by atoms with Crippen molar-refractivity contribution < 1.29 is 4.57 Å². The van der Waals surface area contributed by atoms with Crippen LogP contribution >= 0.6 is 17.0 Å². The summed E-state index contributed by atoms with van der Waals surface area (Å²) in [6.07, 6.45) is 6.39. The Labute approximate surface area is 185 Å². The van der Waals surface area contributed by atoms with E-state index < -0.39 is 0 Å². The standard InChI is InChI=1S/C21H34N7.BrH/c1-5-26-15-16-27(6-2)20-17-18(9-10-19(20)26)23-24-21-25(4)13-14-28(21)12-8-7-11-22-3;/h9-10,13-14,17,22H,5-8,11-12,15-16H2,1-4H3;1H/q+1;. The molecule has 7 nitrogen and oxygen atoms in total. The fraction of sp³-hybridized carbons (Fsp3) is 0.571. The maximum atomic E-state index is 4.58. The summed E-state index contributed by atoms with van der Waals surface area (Å²) in [4.78, 5) is 4.85. The smallest absolute Gasteiger partial charge is 0.368 e. The largest absolute Gasteiger partial charge is 0.421 e. The summed E-state index contributed by atoms with van der Waals surface area (Å²) in [7, 11) is 4.01. The van der Waals surface area contributed by atoms with Gasteiger partial charge in [-0.1, -0.05) is 5.11 Å². The lowest BCUT2D eigenvalue weighted by molar-refractivity contribution is -0.657. The van der Waals surface area contributed by atoms with E-state index in [0.29, 0.717) is 0 Å². The lowest BCUT2D eigenvalue weighted by atomic mass is 10.1. The number of fused-ring (bicyclic) bond motifs is 1. The van der Waals surface area contributed by atoms with Gasteiger partial charge in [0.1, 0.15) is 5.69 Å². The number of benzene rings is 1. The predicted molar refractivity (Wildman–Crippen MR) is 125 cm³/mol. The quantitative estimate of drug-likeness (QED) is 0.347. The van der Waals surface area contributed by atoms with E-state index in [0.717, 1.165) is 63.7 Å². The number of nitrogens with zero attached hydrogens (tertiary/aromatic N) is 6. The van der Waals surface area contributed by atoms with Crippen LogP contribution in [0.25, 0.3) is 0 Å². The van der Waals surface area contributed by atoms with Crippen molar-refractivity contribution in [2.24, 2.45) is 17.3 Å².